The van der Waals surface area contributed by atoms with Crippen molar-refractivity contribution in [1.29, 1.82) is 0 Å². The standard InChI is InChI=1S/C24H31N5O2S/c1-19-6-8-20(9-7-19)17-22-26-24(32-27-22)29(18-21-5-4-16-31-21)14-10-23(30)25-11-15-28-12-2-3-13-28/h4-9,16H,2-3,10-15,17-18H2,1H3,(H,25,30). The minimum atomic E-state index is 0.0676. The quantitative estimate of drug-likeness (QED) is 0.478. The molecule has 8 heteroatoms. The van der Waals surface area contributed by atoms with Crippen LogP contribution in [0.5, 0.6) is 0 Å². The number of benzene rings is 1. The van der Waals surface area contributed by atoms with Gasteiger partial charge in [-0.15, -0.1) is 0 Å². The summed E-state index contributed by atoms with van der Waals surface area (Å²) in [6.45, 7) is 7.14. The number of nitrogens with one attached hydrogen (secondary N) is 1. The highest BCUT2D eigenvalue weighted by atomic mass is 32.1. The summed E-state index contributed by atoms with van der Waals surface area (Å²) >= 11 is 1.37. The Labute approximate surface area is 193 Å². The normalized spacial score (nSPS) is 14.0. The molecule has 2 aromatic heterocycles. The maximum absolute atomic E-state index is 12.4. The van der Waals surface area contributed by atoms with Gasteiger partial charge in [-0.25, -0.2) is 4.98 Å². The molecule has 1 aliphatic rings. The van der Waals surface area contributed by atoms with Crippen molar-refractivity contribution in [3.05, 3.63) is 65.4 Å². The molecule has 7 nitrogen and oxygen atoms in total. The van der Waals surface area contributed by atoms with E-state index in [4.69, 9.17) is 9.40 Å². The van der Waals surface area contributed by atoms with E-state index in [0.717, 1.165) is 36.4 Å². The lowest BCUT2D eigenvalue weighted by molar-refractivity contribution is -0.120. The largest absolute Gasteiger partial charge is 0.467 e. The molecule has 0 saturated carbocycles. The van der Waals surface area contributed by atoms with Gasteiger partial charge in [0.05, 0.1) is 12.8 Å². The monoisotopic (exact) mass is 453 g/mol. The predicted molar refractivity (Wildman–Crippen MR) is 127 cm³/mol. The molecule has 1 amide bonds. The highest BCUT2D eigenvalue weighted by Gasteiger charge is 2.17. The Morgan fingerprint density at radius 1 is 1.22 bits per heavy atom. The van der Waals surface area contributed by atoms with Crippen molar-refractivity contribution < 1.29 is 9.21 Å². The van der Waals surface area contributed by atoms with E-state index in [1.54, 1.807) is 6.26 Å². The highest BCUT2D eigenvalue weighted by molar-refractivity contribution is 7.09. The third-order valence-corrected chi connectivity index (χ3v) is 6.51. The lowest BCUT2D eigenvalue weighted by atomic mass is 10.1. The van der Waals surface area contributed by atoms with E-state index in [1.807, 2.05) is 12.1 Å². The average molecular weight is 454 g/mol. The number of furan rings is 1. The van der Waals surface area contributed by atoms with Crippen molar-refractivity contribution in [2.24, 2.45) is 0 Å². The molecule has 170 valence electrons. The number of anilines is 1. The van der Waals surface area contributed by atoms with Gasteiger partial charge in [0, 0.05) is 44.0 Å². The summed E-state index contributed by atoms with van der Waals surface area (Å²) in [4.78, 5) is 21.7. The van der Waals surface area contributed by atoms with Gasteiger partial charge in [-0.3, -0.25) is 4.79 Å². The van der Waals surface area contributed by atoms with Gasteiger partial charge in [0.15, 0.2) is 0 Å². The molecule has 1 N–H and O–H groups in total. The highest BCUT2D eigenvalue weighted by Crippen LogP contribution is 2.22. The summed E-state index contributed by atoms with van der Waals surface area (Å²) in [7, 11) is 0. The lowest BCUT2D eigenvalue weighted by Gasteiger charge is -2.20. The van der Waals surface area contributed by atoms with Gasteiger partial charge in [0.2, 0.25) is 11.0 Å². The number of amides is 1. The Balaban J connectivity index is 1.33. The van der Waals surface area contributed by atoms with Crippen molar-refractivity contribution in [1.82, 2.24) is 19.6 Å². The van der Waals surface area contributed by atoms with Crippen LogP contribution in [0.3, 0.4) is 0 Å². The number of likely N-dealkylation sites (tertiary alicyclic amines) is 1. The van der Waals surface area contributed by atoms with E-state index in [9.17, 15) is 4.79 Å². The molecule has 1 fully saturated rings. The van der Waals surface area contributed by atoms with Crippen LogP contribution in [0, 0.1) is 6.92 Å². The van der Waals surface area contributed by atoms with Crippen LogP contribution < -0.4 is 10.2 Å². The molecule has 1 aliphatic heterocycles. The summed E-state index contributed by atoms with van der Waals surface area (Å²) < 4.78 is 10.1. The SMILES string of the molecule is Cc1ccc(Cc2nsc(N(CCC(=O)NCCN3CCCC3)Cc3ccco3)n2)cc1. The topological polar surface area (TPSA) is 74.5 Å². The fourth-order valence-corrected chi connectivity index (χ4v) is 4.56. The van der Waals surface area contributed by atoms with Crippen molar-refractivity contribution in [2.45, 2.75) is 39.2 Å². The summed E-state index contributed by atoms with van der Waals surface area (Å²) in [5, 5.41) is 3.87. The number of hydrogen-bond donors (Lipinski definition) is 1. The molecule has 3 aromatic rings. The van der Waals surface area contributed by atoms with E-state index < -0.39 is 0 Å². The third-order valence-electron chi connectivity index (χ3n) is 5.70. The number of rotatable bonds is 11. The molecule has 0 aliphatic carbocycles. The predicted octanol–water partition coefficient (Wildman–Crippen LogP) is 3.64. The van der Waals surface area contributed by atoms with E-state index in [-0.39, 0.29) is 5.91 Å². The van der Waals surface area contributed by atoms with E-state index in [2.05, 4.69) is 50.7 Å². The second-order valence-electron chi connectivity index (χ2n) is 8.31. The molecule has 3 heterocycles. The van der Waals surface area contributed by atoms with E-state index in [0.29, 0.717) is 32.5 Å². The minimum Gasteiger partial charge on any atom is -0.467 e. The van der Waals surface area contributed by atoms with Crippen LogP contribution in [0.4, 0.5) is 5.13 Å². The number of aromatic nitrogens is 2. The van der Waals surface area contributed by atoms with Gasteiger partial charge in [-0.2, -0.15) is 4.37 Å². The molecule has 1 aromatic carbocycles. The van der Waals surface area contributed by atoms with Crippen molar-refractivity contribution in [2.75, 3.05) is 37.6 Å². The van der Waals surface area contributed by atoms with Gasteiger partial charge >= 0.3 is 0 Å². The zero-order chi connectivity index (χ0) is 22.2. The minimum absolute atomic E-state index is 0.0676. The van der Waals surface area contributed by atoms with Gasteiger partial charge in [0.25, 0.3) is 0 Å². The molecular weight excluding hydrogens is 422 g/mol. The number of carbonyl (C=O) groups is 1. The summed E-state index contributed by atoms with van der Waals surface area (Å²) in [5.41, 5.74) is 2.43. The average Bonchev–Trinajstić information content (AvgIpc) is 3.56. The van der Waals surface area contributed by atoms with E-state index >= 15 is 0 Å². The van der Waals surface area contributed by atoms with Gasteiger partial charge in [0.1, 0.15) is 11.6 Å². The molecule has 32 heavy (non-hydrogen) atoms. The summed E-state index contributed by atoms with van der Waals surface area (Å²) in [5.74, 6) is 1.71. The van der Waals surface area contributed by atoms with Crippen LogP contribution in [0.15, 0.2) is 47.1 Å². The van der Waals surface area contributed by atoms with Gasteiger partial charge in [-0.05, 0) is 50.6 Å². The van der Waals surface area contributed by atoms with Crippen LogP contribution in [-0.2, 0) is 17.8 Å². The smallest absolute Gasteiger partial charge is 0.221 e. The molecule has 0 spiro atoms. The van der Waals surface area contributed by atoms with Crippen LogP contribution in [0.25, 0.3) is 0 Å². The van der Waals surface area contributed by atoms with Gasteiger partial charge < -0.3 is 19.5 Å². The Morgan fingerprint density at radius 3 is 2.78 bits per heavy atom. The number of aryl methyl sites for hydroxylation is 1. The fourth-order valence-electron chi connectivity index (χ4n) is 3.85. The summed E-state index contributed by atoms with van der Waals surface area (Å²) in [6.07, 6.45) is 5.31. The Hall–Kier alpha value is -2.71. The Morgan fingerprint density at radius 2 is 2.03 bits per heavy atom. The Bertz CT molecular complexity index is 965. The second kappa shape index (κ2) is 11.2. The summed E-state index contributed by atoms with van der Waals surface area (Å²) in [6, 6.07) is 12.3. The number of nitrogens with zero attached hydrogens (tertiary/aromatic N) is 4. The van der Waals surface area contributed by atoms with Crippen molar-refractivity contribution in [3.8, 4) is 0 Å². The van der Waals surface area contributed by atoms with Crippen LogP contribution in [0.2, 0.25) is 0 Å². The number of hydrogen-bond acceptors (Lipinski definition) is 7. The molecule has 0 atom stereocenters. The third kappa shape index (κ3) is 6.64. The second-order valence-corrected chi connectivity index (χ2v) is 9.04. The fraction of sp³-hybridized carbons (Fsp3) is 0.458. The maximum Gasteiger partial charge on any atom is 0.221 e. The van der Waals surface area contributed by atoms with Crippen LogP contribution in [0.1, 0.15) is 42.0 Å². The molecule has 0 unspecified atom stereocenters. The van der Waals surface area contributed by atoms with Crippen LogP contribution >= 0.6 is 11.5 Å². The van der Waals surface area contributed by atoms with E-state index in [1.165, 1.54) is 35.5 Å². The zero-order valence-corrected chi connectivity index (χ0v) is 19.4. The molecule has 1 saturated heterocycles. The lowest BCUT2D eigenvalue weighted by Crippen LogP contribution is -2.35. The maximum atomic E-state index is 12.4. The first-order valence-corrected chi connectivity index (χ1v) is 12.1. The molecule has 0 radical (unpaired) electrons. The molecule has 4 rings (SSSR count). The number of carbonyl (C=O) groups excluding carboxylic acids is 1. The van der Waals surface area contributed by atoms with Crippen molar-refractivity contribution >= 4 is 22.6 Å². The zero-order valence-electron chi connectivity index (χ0n) is 18.6. The first-order valence-electron chi connectivity index (χ1n) is 11.3. The molecular formula is C24H31N5O2S. The molecule has 0 bridgehead atoms. The first-order chi connectivity index (χ1) is 15.7. The van der Waals surface area contributed by atoms with Gasteiger partial charge in [-0.1, -0.05) is 29.8 Å². The Kier molecular flexibility index (Phi) is 7.90. The van der Waals surface area contributed by atoms with Crippen LogP contribution in [-0.4, -0.2) is 52.9 Å². The van der Waals surface area contributed by atoms with Crippen molar-refractivity contribution in [3.63, 3.8) is 0 Å². The first kappa shape index (κ1) is 22.5.